The van der Waals surface area contributed by atoms with E-state index in [9.17, 15) is 24.4 Å². The Labute approximate surface area is 652 Å². The van der Waals surface area contributed by atoms with Crippen molar-refractivity contribution in [3.8, 4) is 109 Å². The van der Waals surface area contributed by atoms with E-state index < -0.39 is 5.91 Å². The smallest absolute Gasteiger partial charge is 0.250 e. The molecule has 0 bridgehead atoms. The maximum atomic E-state index is 13.4. The molecule has 0 aliphatic carbocycles. The number of nitrogens with zero attached hydrogens (tertiary/aromatic N) is 19. The Kier molecular flexibility index (Phi) is 24.7. The van der Waals surface area contributed by atoms with Crippen molar-refractivity contribution >= 4 is 41.1 Å². The van der Waals surface area contributed by atoms with Gasteiger partial charge in [-0.15, -0.1) is 15.3 Å². The number of nitrogens with two attached hydrogens (primary N) is 1. The number of hydrogen-bond donors (Lipinski definition) is 1. The SMILES string of the molecule is COc1ccc(-c2nc(-c3ccc(OC)cc3)n(CC(=O)N3CCN(c4ccc(C(N)=O)cn4)CC3)n2)cc1.COc1ccc(-c2nc(-c3ccc(OC)cc3)n(CC(=O)N3CCN(c4ncccc4C#N)CC3)n2)cc1.COc1ccc(-c2nc(-c3ccccc3)n(CC(=O)N3CCN(c4ccccn4)CC3)n2)cc1OC. The molecule has 6 aromatic carbocycles. The molecule has 0 saturated carbocycles. The largest absolute Gasteiger partial charge is 0.497 e. The van der Waals surface area contributed by atoms with Crippen LogP contribution in [-0.4, -0.2) is 219 Å². The average molecular weight is 1520 g/mol. The van der Waals surface area contributed by atoms with Gasteiger partial charge in [-0.2, -0.15) is 5.26 Å². The van der Waals surface area contributed by atoms with Gasteiger partial charge < -0.3 is 63.6 Å². The third-order valence-electron chi connectivity index (χ3n) is 19.4. The number of carbonyl (C=O) groups is 4. The molecule has 30 nitrogen and oxygen atoms in total. The van der Waals surface area contributed by atoms with Crippen molar-refractivity contribution in [1.29, 1.82) is 5.26 Å². The molecule has 3 fully saturated rings. The topological polar surface area (TPSA) is 324 Å². The monoisotopic (exact) mass is 1520 g/mol. The first-order valence-corrected chi connectivity index (χ1v) is 36.5. The molecule has 3 aliphatic heterocycles. The van der Waals surface area contributed by atoms with Gasteiger partial charge >= 0.3 is 0 Å². The van der Waals surface area contributed by atoms with Crippen LogP contribution in [-0.2, 0) is 34.0 Å². The molecule has 4 amide bonds. The van der Waals surface area contributed by atoms with E-state index in [1.165, 1.54) is 6.20 Å². The van der Waals surface area contributed by atoms with Crippen LogP contribution >= 0.6 is 0 Å². The van der Waals surface area contributed by atoms with Gasteiger partial charge in [0.15, 0.2) is 46.4 Å². The summed E-state index contributed by atoms with van der Waals surface area (Å²) in [4.78, 5) is 90.7. The van der Waals surface area contributed by atoms with Gasteiger partial charge in [-0.1, -0.05) is 36.4 Å². The summed E-state index contributed by atoms with van der Waals surface area (Å²) in [5, 5.41) is 23.5. The Bertz CT molecular complexity index is 5250. The second-order valence-corrected chi connectivity index (χ2v) is 26.1. The fraction of sp³-hybridized carbons (Fsp3) is 0.253. The van der Waals surface area contributed by atoms with E-state index >= 15 is 0 Å². The Morgan fingerprint density at radius 3 is 1.16 bits per heavy atom. The molecule has 0 atom stereocenters. The number of nitriles is 1. The van der Waals surface area contributed by atoms with Crippen LogP contribution in [0, 0.1) is 11.3 Å². The zero-order valence-corrected chi connectivity index (χ0v) is 63.4. The van der Waals surface area contributed by atoms with E-state index in [-0.39, 0.29) is 37.4 Å². The summed E-state index contributed by atoms with van der Waals surface area (Å²) in [6.45, 7) is 7.51. The van der Waals surface area contributed by atoms with E-state index in [0.717, 1.165) is 81.1 Å². The maximum Gasteiger partial charge on any atom is 0.250 e. The lowest BCUT2D eigenvalue weighted by molar-refractivity contribution is -0.133. The summed E-state index contributed by atoms with van der Waals surface area (Å²) in [6, 6.07) is 60.3. The van der Waals surface area contributed by atoms with Crippen molar-refractivity contribution in [2.45, 2.75) is 19.6 Å². The molecule has 2 N–H and O–H groups in total. The molecule has 12 aromatic rings. The lowest BCUT2D eigenvalue weighted by Gasteiger charge is -2.35. The van der Waals surface area contributed by atoms with Gasteiger partial charge in [0.1, 0.15) is 66.2 Å². The molecular weight excluding hydrogens is 1440 g/mol. The molecule has 30 heteroatoms. The summed E-state index contributed by atoms with van der Waals surface area (Å²) >= 11 is 0. The van der Waals surface area contributed by atoms with Gasteiger partial charge in [0, 0.05) is 131 Å². The number of rotatable bonds is 22. The van der Waals surface area contributed by atoms with Crippen LogP contribution in [0.5, 0.6) is 34.5 Å². The molecule has 0 spiro atoms. The van der Waals surface area contributed by atoms with Gasteiger partial charge in [-0.05, 0) is 152 Å². The van der Waals surface area contributed by atoms with Gasteiger partial charge in [-0.25, -0.2) is 43.9 Å². The maximum absolute atomic E-state index is 13.4. The van der Waals surface area contributed by atoms with Crippen LogP contribution in [0.3, 0.4) is 0 Å². The summed E-state index contributed by atoms with van der Waals surface area (Å²) in [6.07, 6.45) is 4.94. The van der Waals surface area contributed by atoms with E-state index in [1.807, 2.05) is 183 Å². The Balaban J connectivity index is 0.000000148. The fourth-order valence-corrected chi connectivity index (χ4v) is 13.1. The summed E-state index contributed by atoms with van der Waals surface area (Å²) < 4.78 is 36.9. The number of piperazine rings is 3. The van der Waals surface area contributed by atoms with Crippen molar-refractivity contribution in [2.24, 2.45) is 5.73 Å². The number of hydrogen-bond acceptors (Lipinski definition) is 23. The normalized spacial score (nSPS) is 13.3. The quantitative estimate of drug-likeness (QED) is 0.0661. The van der Waals surface area contributed by atoms with Crippen LogP contribution in [0.25, 0.3) is 68.3 Å². The third kappa shape index (κ3) is 18.6. The zero-order chi connectivity index (χ0) is 78.7. The predicted octanol–water partition coefficient (Wildman–Crippen LogP) is 9.09. The highest BCUT2D eigenvalue weighted by atomic mass is 16.5. The van der Waals surface area contributed by atoms with E-state index in [0.29, 0.717) is 129 Å². The van der Waals surface area contributed by atoms with Crippen LogP contribution in [0.4, 0.5) is 17.5 Å². The molecule has 3 aliphatic rings. The third-order valence-corrected chi connectivity index (χ3v) is 19.4. The summed E-state index contributed by atoms with van der Waals surface area (Å²) in [5.41, 5.74) is 11.2. The Morgan fingerprint density at radius 2 is 0.770 bits per heavy atom. The van der Waals surface area contributed by atoms with E-state index in [2.05, 4.69) is 30.8 Å². The van der Waals surface area contributed by atoms with Crippen LogP contribution < -0.4 is 48.9 Å². The van der Waals surface area contributed by atoms with Crippen molar-refractivity contribution in [2.75, 3.05) is 136 Å². The molecule has 0 unspecified atom stereocenters. The first kappa shape index (κ1) is 76.9. The molecular formula is C83H84N20O10. The van der Waals surface area contributed by atoms with Crippen LogP contribution in [0.2, 0.25) is 0 Å². The van der Waals surface area contributed by atoms with Crippen molar-refractivity contribution < 1.29 is 47.6 Å². The van der Waals surface area contributed by atoms with E-state index in [4.69, 9.17) is 64.4 Å². The predicted molar refractivity (Wildman–Crippen MR) is 424 cm³/mol. The number of methoxy groups -OCH3 is 6. The van der Waals surface area contributed by atoms with E-state index in [1.54, 1.807) is 93.4 Å². The highest BCUT2D eigenvalue weighted by Gasteiger charge is 2.29. The minimum Gasteiger partial charge on any atom is -0.497 e. The number of primary amides is 1. The van der Waals surface area contributed by atoms with Crippen molar-refractivity contribution in [1.82, 2.24) is 73.9 Å². The molecule has 9 heterocycles. The standard InChI is InChI=1S/C28H29N7O4.C28H27N7O3.C27H28N6O3/c1-38-22-8-3-19(4-9-22)27-31-28(20-5-10-23(39-2)11-6-20)35(32-27)18-25(36)34-15-13-33(14-16-34)24-12-7-21(17-30-24)26(29)37;1-37-23-9-5-20(6-10-23)26-31-28(21-7-11-24(38-2)12-8-21)35(32-26)19-25(36)33-14-16-34(17-15-33)27-22(18-29)4-3-13-30-27;1-35-22-12-11-21(18-23(22)36-2)26-29-27(20-8-4-3-5-9-20)33(30-26)19-25(34)32-16-14-31(15-17-32)24-10-6-7-13-28-24/h3-12,17H,13-16,18H2,1-2H3,(H2,29,37);3-13H,14-17,19H2,1-2H3;3-13,18H,14-17,19H2,1-2H3. The lowest BCUT2D eigenvalue weighted by atomic mass is 10.2. The van der Waals surface area contributed by atoms with Gasteiger partial charge in [0.25, 0.3) is 0 Å². The lowest BCUT2D eigenvalue weighted by Crippen LogP contribution is -2.50. The van der Waals surface area contributed by atoms with Crippen molar-refractivity contribution in [3.63, 3.8) is 0 Å². The molecule has 113 heavy (non-hydrogen) atoms. The Hall–Kier alpha value is -14.2. The number of amides is 4. The molecule has 0 radical (unpaired) electrons. The fourth-order valence-electron chi connectivity index (χ4n) is 13.1. The second-order valence-electron chi connectivity index (χ2n) is 26.1. The van der Waals surface area contributed by atoms with Crippen LogP contribution in [0.1, 0.15) is 15.9 Å². The minimum atomic E-state index is -0.512. The first-order chi connectivity index (χ1) is 55.2. The molecule has 3 saturated heterocycles. The Morgan fingerprint density at radius 1 is 0.381 bits per heavy atom. The summed E-state index contributed by atoms with van der Waals surface area (Å²) in [7, 11) is 9.66. The van der Waals surface area contributed by atoms with Crippen LogP contribution in [0.15, 0.2) is 207 Å². The van der Waals surface area contributed by atoms with Crippen molar-refractivity contribution in [3.05, 3.63) is 218 Å². The van der Waals surface area contributed by atoms with Gasteiger partial charge in [0.2, 0.25) is 23.6 Å². The number of aromatic nitrogens is 12. The first-order valence-electron chi connectivity index (χ1n) is 36.5. The average Bonchev–Trinajstić information content (AvgIpc) is 1.68. The second kappa shape index (κ2) is 36.3. The summed E-state index contributed by atoms with van der Waals surface area (Å²) in [5.74, 6) is 9.29. The number of benzene rings is 6. The molecule has 15 rings (SSSR count). The number of anilines is 3. The number of pyridine rings is 3. The molecule has 576 valence electrons. The number of ether oxygens (including phenoxy) is 6. The number of carbonyl (C=O) groups excluding carboxylic acids is 4. The van der Waals surface area contributed by atoms with Gasteiger partial charge in [0.05, 0.1) is 53.8 Å². The van der Waals surface area contributed by atoms with Gasteiger partial charge in [-0.3, -0.25) is 19.2 Å². The molecule has 6 aromatic heterocycles. The highest BCUT2D eigenvalue weighted by molar-refractivity contribution is 5.92. The highest BCUT2D eigenvalue weighted by Crippen LogP contribution is 2.34. The zero-order valence-electron chi connectivity index (χ0n) is 63.4. The minimum absolute atomic E-state index is 0.0108.